The van der Waals surface area contributed by atoms with Gasteiger partial charge in [-0.2, -0.15) is 0 Å². The molecule has 104 valence electrons. The molecule has 2 aromatic rings. The monoisotopic (exact) mass is 403 g/mol. The number of hydrogen-bond donors (Lipinski definition) is 0. The van der Waals surface area contributed by atoms with Gasteiger partial charge in [0.1, 0.15) is 12.4 Å². The molecule has 0 atom stereocenters. The van der Waals surface area contributed by atoms with Crippen molar-refractivity contribution < 1.29 is 9.66 Å². The highest BCUT2D eigenvalue weighted by Crippen LogP contribution is 2.26. The third kappa shape index (κ3) is 3.83. The zero-order chi connectivity index (χ0) is 14.5. The van der Waals surface area contributed by atoms with E-state index in [1.165, 1.54) is 12.1 Å². The van der Waals surface area contributed by atoms with Crippen LogP contribution in [0.2, 0.25) is 0 Å². The fourth-order valence-corrected chi connectivity index (χ4v) is 2.23. The lowest BCUT2D eigenvalue weighted by Gasteiger charge is -2.10. The number of alkyl halides is 1. The van der Waals surface area contributed by atoms with Crippen LogP contribution in [0.5, 0.6) is 5.75 Å². The maximum absolute atomic E-state index is 10.7. The highest BCUT2D eigenvalue weighted by Gasteiger charge is 2.11. The maximum Gasteiger partial charge on any atom is 0.270 e. The lowest BCUT2D eigenvalue weighted by atomic mass is 10.2. The molecule has 0 aliphatic rings. The number of nitro groups is 1. The molecule has 0 unspecified atom stereocenters. The molecule has 0 amide bonds. The van der Waals surface area contributed by atoms with E-state index in [1.54, 1.807) is 6.07 Å². The summed E-state index contributed by atoms with van der Waals surface area (Å²) in [6.07, 6.45) is 0. The van der Waals surface area contributed by atoms with Gasteiger partial charge in [-0.05, 0) is 46.4 Å². The summed E-state index contributed by atoms with van der Waals surface area (Å²) in [7, 11) is 0. The Balaban J connectivity index is 2.12. The van der Waals surface area contributed by atoms with E-state index >= 15 is 0 Å². The summed E-state index contributed by atoms with van der Waals surface area (Å²) in [5, 5.41) is 10.7. The van der Waals surface area contributed by atoms with Crippen molar-refractivity contribution in [1.29, 1.82) is 0 Å². The number of ether oxygens (including phenoxy) is 1. The Kier molecular flexibility index (Phi) is 5.19. The first-order valence-electron chi connectivity index (χ1n) is 5.80. The molecule has 2 rings (SSSR count). The van der Waals surface area contributed by atoms with Crippen molar-refractivity contribution in [3.63, 3.8) is 0 Å². The van der Waals surface area contributed by atoms with Crippen LogP contribution >= 0.6 is 34.2 Å². The third-order valence-electron chi connectivity index (χ3n) is 2.71. The Morgan fingerprint density at radius 1 is 1.20 bits per heavy atom. The van der Waals surface area contributed by atoms with Crippen LogP contribution in [-0.2, 0) is 12.5 Å². The molecule has 20 heavy (non-hydrogen) atoms. The smallest absolute Gasteiger partial charge is 0.270 e. The molecule has 4 nitrogen and oxygen atoms in total. The summed E-state index contributed by atoms with van der Waals surface area (Å²) in [4.78, 5) is 10.3. The van der Waals surface area contributed by atoms with Crippen molar-refractivity contribution in [2.24, 2.45) is 0 Å². The minimum atomic E-state index is -0.445. The number of benzene rings is 2. The van der Waals surface area contributed by atoms with Crippen LogP contribution in [0.1, 0.15) is 11.1 Å². The van der Waals surface area contributed by atoms with Crippen molar-refractivity contribution in [1.82, 2.24) is 0 Å². The lowest BCUT2D eigenvalue weighted by molar-refractivity contribution is -0.384. The van der Waals surface area contributed by atoms with E-state index in [2.05, 4.69) is 22.6 Å². The van der Waals surface area contributed by atoms with Crippen molar-refractivity contribution in [3.05, 3.63) is 67.3 Å². The van der Waals surface area contributed by atoms with Crippen molar-refractivity contribution in [2.45, 2.75) is 12.5 Å². The average molecular weight is 404 g/mol. The molecular weight excluding hydrogens is 393 g/mol. The van der Waals surface area contributed by atoms with Crippen LogP contribution in [-0.4, -0.2) is 4.92 Å². The van der Waals surface area contributed by atoms with Crippen LogP contribution in [0.15, 0.2) is 42.5 Å². The number of rotatable bonds is 5. The van der Waals surface area contributed by atoms with E-state index in [0.29, 0.717) is 17.9 Å². The standard InChI is InChI=1S/C14H11ClINO3/c15-8-11-7-13(17(18)19)5-6-14(11)20-9-10-1-3-12(16)4-2-10/h1-7H,8-9H2. The number of halogens is 2. The number of non-ortho nitro benzene ring substituents is 1. The molecule has 0 heterocycles. The van der Waals surface area contributed by atoms with Gasteiger partial charge in [0.05, 0.1) is 10.8 Å². The van der Waals surface area contributed by atoms with Gasteiger partial charge in [-0.15, -0.1) is 11.6 Å². The minimum Gasteiger partial charge on any atom is -0.489 e. The molecule has 6 heteroatoms. The average Bonchev–Trinajstić information content (AvgIpc) is 2.46. The number of nitrogens with zero attached hydrogens (tertiary/aromatic N) is 1. The van der Waals surface area contributed by atoms with Crippen LogP contribution < -0.4 is 4.74 Å². The van der Waals surface area contributed by atoms with Gasteiger partial charge in [0.25, 0.3) is 5.69 Å². The molecule has 0 aromatic heterocycles. The first-order valence-corrected chi connectivity index (χ1v) is 7.42. The Labute approximate surface area is 135 Å². The SMILES string of the molecule is O=[N+]([O-])c1ccc(OCc2ccc(I)cc2)c(CCl)c1. The van der Waals surface area contributed by atoms with Crippen LogP contribution in [0.4, 0.5) is 5.69 Å². The van der Waals surface area contributed by atoms with Gasteiger partial charge >= 0.3 is 0 Å². The molecule has 0 aliphatic heterocycles. The number of nitro benzene ring substituents is 1. The minimum absolute atomic E-state index is 0.0160. The molecule has 0 N–H and O–H groups in total. The first-order chi connectivity index (χ1) is 9.60. The Hall–Kier alpha value is -1.34. The molecule has 0 spiro atoms. The zero-order valence-corrected chi connectivity index (χ0v) is 13.3. The molecular formula is C14H11ClINO3. The zero-order valence-electron chi connectivity index (χ0n) is 10.4. The summed E-state index contributed by atoms with van der Waals surface area (Å²) in [6.45, 7) is 0.401. The Morgan fingerprint density at radius 2 is 1.90 bits per heavy atom. The fraction of sp³-hybridized carbons (Fsp3) is 0.143. The van der Waals surface area contributed by atoms with E-state index in [0.717, 1.165) is 9.13 Å². The van der Waals surface area contributed by atoms with E-state index in [4.69, 9.17) is 16.3 Å². The number of hydrogen-bond acceptors (Lipinski definition) is 3. The summed E-state index contributed by atoms with van der Waals surface area (Å²) >= 11 is 8.04. The summed E-state index contributed by atoms with van der Waals surface area (Å²) < 4.78 is 6.83. The molecule has 0 saturated carbocycles. The second-order valence-electron chi connectivity index (χ2n) is 4.10. The van der Waals surface area contributed by atoms with Crippen LogP contribution in [0.25, 0.3) is 0 Å². The van der Waals surface area contributed by atoms with Gasteiger partial charge in [0, 0.05) is 21.3 Å². The van der Waals surface area contributed by atoms with Crippen LogP contribution in [0.3, 0.4) is 0 Å². The van der Waals surface area contributed by atoms with Crippen molar-refractivity contribution in [3.8, 4) is 5.75 Å². The van der Waals surface area contributed by atoms with E-state index in [-0.39, 0.29) is 11.6 Å². The van der Waals surface area contributed by atoms with Gasteiger partial charge in [-0.3, -0.25) is 10.1 Å². The summed E-state index contributed by atoms with van der Waals surface area (Å²) in [6, 6.07) is 12.4. The van der Waals surface area contributed by atoms with Gasteiger partial charge in [0.15, 0.2) is 0 Å². The molecule has 0 aliphatic carbocycles. The normalized spacial score (nSPS) is 10.3. The van der Waals surface area contributed by atoms with Gasteiger partial charge in [0.2, 0.25) is 0 Å². The molecule has 0 saturated heterocycles. The lowest BCUT2D eigenvalue weighted by Crippen LogP contribution is -1.99. The predicted molar refractivity (Wildman–Crippen MR) is 86.1 cm³/mol. The highest BCUT2D eigenvalue weighted by atomic mass is 127. The predicted octanol–water partition coefficient (Wildman–Crippen LogP) is 4.52. The van der Waals surface area contributed by atoms with E-state index in [9.17, 15) is 10.1 Å². The van der Waals surface area contributed by atoms with Gasteiger partial charge < -0.3 is 4.74 Å². The van der Waals surface area contributed by atoms with Gasteiger partial charge in [-0.25, -0.2) is 0 Å². The Morgan fingerprint density at radius 3 is 2.50 bits per heavy atom. The molecule has 0 fully saturated rings. The highest BCUT2D eigenvalue weighted by molar-refractivity contribution is 14.1. The quantitative estimate of drug-likeness (QED) is 0.319. The van der Waals surface area contributed by atoms with Gasteiger partial charge in [-0.1, -0.05) is 12.1 Å². The summed E-state index contributed by atoms with van der Waals surface area (Å²) in [5.74, 6) is 0.744. The molecule has 2 aromatic carbocycles. The van der Waals surface area contributed by atoms with E-state index in [1.807, 2.05) is 24.3 Å². The van der Waals surface area contributed by atoms with Crippen molar-refractivity contribution >= 4 is 39.9 Å². The second-order valence-corrected chi connectivity index (χ2v) is 5.61. The van der Waals surface area contributed by atoms with Crippen molar-refractivity contribution in [2.75, 3.05) is 0 Å². The largest absolute Gasteiger partial charge is 0.489 e. The van der Waals surface area contributed by atoms with E-state index < -0.39 is 4.92 Å². The molecule has 0 radical (unpaired) electrons. The summed E-state index contributed by atoms with van der Waals surface area (Å²) in [5.41, 5.74) is 1.66. The maximum atomic E-state index is 10.7. The second kappa shape index (κ2) is 6.90. The third-order valence-corrected chi connectivity index (χ3v) is 3.71. The van der Waals surface area contributed by atoms with Crippen LogP contribution in [0, 0.1) is 13.7 Å². The molecule has 0 bridgehead atoms. The first kappa shape index (κ1) is 15.1. The topological polar surface area (TPSA) is 52.4 Å². The Bertz CT molecular complexity index is 616. The fourth-order valence-electron chi connectivity index (χ4n) is 1.67.